The summed E-state index contributed by atoms with van der Waals surface area (Å²) in [6, 6.07) is 17.9. The van der Waals surface area contributed by atoms with E-state index < -0.39 is 0 Å². The number of phenolic OH excluding ortho intramolecular Hbond substituents is 2. The molecule has 0 spiro atoms. The molecule has 0 unspecified atom stereocenters. The molecule has 140 valence electrons. The molecule has 1 aromatic heterocycles. The molecule has 6 heteroatoms. The van der Waals surface area contributed by atoms with E-state index in [4.69, 9.17) is 23.2 Å². The number of aromatic hydroxyl groups is 2. The number of hydrogen-bond acceptors (Lipinski definition) is 4. The fraction of sp³-hybridized carbons (Fsp3) is 0.0909. The van der Waals surface area contributed by atoms with Gasteiger partial charge in [0, 0.05) is 22.9 Å². The van der Waals surface area contributed by atoms with E-state index in [0.717, 1.165) is 22.5 Å². The van der Waals surface area contributed by atoms with E-state index in [2.05, 4.69) is 9.97 Å². The molecule has 0 bridgehead atoms. The van der Waals surface area contributed by atoms with Crippen LogP contribution in [0.5, 0.6) is 11.5 Å². The second kappa shape index (κ2) is 7.66. The number of phenols is 2. The zero-order valence-corrected chi connectivity index (χ0v) is 16.2. The first kappa shape index (κ1) is 18.5. The number of nitrogens with zero attached hydrogens (tertiary/aromatic N) is 2. The average molecular weight is 411 g/mol. The van der Waals surface area contributed by atoms with Crippen LogP contribution in [0.25, 0.3) is 11.0 Å². The van der Waals surface area contributed by atoms with Crippen molar-refractivity contribution in [1.82, 2.24) is 9.97 Å². The van der Waals surface area contributed by atoms with E-state index in [1.807, 2.05) is 48.5 Å². The van der Waals surface area contributed by atoms with Gasteiger partial charge in [-0.25, -0.2) is 9.97 Å². The summed E-state index contributed by atoms with van der Waals surface area (Å²) in [5.41, 5.74) is 4.06. The third-order valence-electron chi connectivity index (χ3n) is 4.50. The number of rotatable bonds is 4. The van der Waals surface area contributed by atoms with Gasteiger partial charge in [-0.1, -0.05) is 47.5 Å². The molecule has 0 fully saturated rings. The Kier molecular flexibility index (Phi) is 5.07. The molecule has 0 radical (unpaired) electrons. The van der Waals surface area contributed by atoms with Crippen LogP contribution in [0.2, 0.25) is 10.0 Å². The minimum Gasteiger partial charge on any atom is -0.506 e. The highest BCUT2D eigenvalue weighted by atomic mass is 35.5. The molecule has 0 amide bonds. The Morgan fingerprint density at radius 1 is 0.571 bits per heavy atom. The molecule has 0 saturated carbocycles. The molecule has 4 aromatic rings. The summed E-state index contributed by atoms with van der Waals surface area (Å²) in [6.07, 6.45) is 1.05. The van der Waals surface area contributed by atoms with Gasteiger partial charge in [-0.3, -0.25) is 0 Å². The monoisotopic (exact) mass is 410 g/mol. The molecule has 4 rings (SSSR count). The van der Waals surface area contributed by atoms with Crippen LogP contribution in [0, 0.1) is 0 Å². The van der Waals surface area contributed by atoms with Crippen molar-refractivity contribution >= 4 is 34.2 Å². The van der Waals surface area contributed by atoms with Crippen LogP contribution >= 0.6 is 23.2 Å². The van der Waals surface area contributed by atoms with Crippen LogP contribution in [0.15, 0.2) is 60.7 Å². The van der Waals surface area contributed by atoms with Crippen molar-refractivity contribution in [3.63, 3.8) is 0 Å². The Bertz CT molecular complexity index is 1050. The molecule has 4 nitrogen and oxygen atoms in total. The molecule has 2 N–H and O–H groups in total. The third kappa shape index (κ3) is 3.88. The SMILES string of the molecule is Oc1ccc(O)c2nc(Cc3ccc(Cl)cc3)c(Cc3ccc(Cl)cc3)nc12. The number of halogens is 2. The predicted molar refractivity (Wildman–Crippen MR) is 111 cm³/mol. The fourth-order valence-corrected chi connectivity index (χ4v) is 3.30. The maximum atomic E-state index is 10.2. The Labute approximate surface area is 172 Å². The van der Waals surface area contributed by atoms with E-state index in [1.165, 1.54) is 12.1 Å². The lowest BCUT2D eigenvalue weighted by atomic mass is 10.0. The summed E-state index contributed by atoms with van der Waals surface area (Å²) in [4.78, 5) is 9.27. The van der Waals surface area contributed by atoms with Crippen LogP contribution in [-0.4, -0.2) is 20.2 Å². The highest BCUT2D eigenvalue weighted by molar-refractivity contribution is 6.30. The number of aromatic nitrogens is 2. The van der Waals surface area contributed by atoms with E-state index in [1.54, 1.807) is 0 Å². The molecule has 0 aliphatic rings. The lowest BCUT2D eigenvalue weighted by Crippen LogP contribution is -2.05. The van der Waals surface area contributed by atoms with Gasteiger partial charge in [-0.15, -0.1) is 0 Å². The molecule has 0 aliphatic carbocycles. The summed E-state index contributed by atoms with van der Waals surface area (Å²) in [5.74, 6) is -0.0357. The summed E-state index contributed by atoms with van der Waals surface area (Å²) >= 11 is 12.0. The quantitative estimate of drug-likeness (QED) is 0.434. The molecule has 28 heavy (non-hydrogen) atoms. The Hall–Kier alpha value is -2.82. The first-order valence-electron chi connectivity index (χ1n) is 8.69. The Balaban J connectivity index is 1.82. The van der Waals surface area contributed by atoms with Gasteiger partial charge in [0.25, 0.3) is 0 Å². The van der Waals surface area contributed by atoms with Crippen LogP contribution in [0.4, 0.5) is 0 Å². The van der Waals surface area contributed by atoms with Crippen LogP contribution in [0.3, 0.4) is 0 Å². The van der Waals surface area contributed by atoms with Gasteiger partial charge in [0.15, 0.2) is 0 Å². The molecule has 0 saturated heterocycles. The largest absolute Gasteiger partial charge is 0.506 e. The van der Waals surface area contributed by atoms with Crippen LogP contribution in [0.1, 0.15) is 22.5 Å². The van der Waals surface area contributed by atoms with Crippen molar-refractivity contribution < 1.29 is 10.2 Å². The predicted octanol–water partition coefficient (Wildman–Crippen LogP) is 5.53. The van der Waals surface area contributed by atoms with Gasteiger partial charge in [0.1, 0.15) is 22.5 Å². The highest BCUT2D eigenvalue weighted by Crippen LogP contribution is 2.31. The van der Waals surface area contributed by atoms with E-state index in [9.17, 15) is 10.2 Å². The van der Waals surface area contributed by atoms with Crippen molar-refractivity contribution in [3.8, 4) is 11.5 Å². The summed E-state index contributed by atoms with van der Waals surface area (Å²) in [6.45, 7) is 0. The summed E-state index contributed by atoms with van der Waals surface area (Å²) in [7, 11) is 0. The third-order valence-corrected chi connectivity index (χ3v) is 5.01. The van der Waals surface area contributed by atoms with Crippen molar-refractivity contribution in [3.05, 3.63) is 93.2 Å². The lowest BCUT2D eigenvalue weighted by molar-refractivity contribution is 0.467. The standard InChI is InChI=1S/C22H16Cl2N2O2/c23-15-5-1-13(2-6-15)11-17-18(12-14-3-7-16(24)8-4-14)26-22-20(28)10-9-19(27)21(22)25-17/h1-10,27-28H,11-12H2. The van der Waals surface area contributed by atoms with Crippen LogP contribution < -0.4 is 0 Å². The summed E-state index contributed by atoms with van der Waals surface area (Å²) in [5, 5.41) is 21.7. The van der Waals surface area contributed by atoms with Crippen molar-refractivity contribution in [2.75, 3.05) is 0 Å². The molecule has 1 heterocycles. The molecule has 3 aromatic carbocycles. The molecule has 0 aliphatic heterocycles. The topological polar surface area (TPSA) is 66.2 Å². The van der Waals surface area contributed by atoms with Gasteiger partial charge >= 0.3 is 0 Å². The van der Waals surface area contributed by atoms with Gasteiger partial charge in [0.05, 0.1) is 11.4 Å². The molecular formula is C22H16Cl2N2O2. The first-order chi connectivity index (χ1) is 13.5. The minimum absolute atomic E-state index is 0.0179. The van der Waals surface area contributed by atoms with Crippen molar-refractivity contribution in [2.45, 2.75) is 12.8 Å². The zero-order valence-electron chi connectivity index (χ0n) is 14.7. The van der Waals surface area contributed by atoms with E-state index in [-0.39, 0.29) is 22.5 Å². The number of fused-ring (bicyclic) bond motifs is 1. The fourth-order valence-electron chi connectivity index (χ4n) is 3.05. The highest BCUT2D eigenvalue weighted by Gasteiger charge is 2.15. The first-order valence-corrected chi connectivity index (χ1v) is 9.44. The zero-order chi connectivity index (χ0) is 19.7. The van der Waals surface area contributed by atoms with Gasteiger partial charge < -0.3 is 10.2 Å². The van der Waals surface area contributed by atoms with Crippen LogP contribution in [-0.2, 0) is 12.8 Å². The smallest absolute Gasteiger partial charge is 0.143 e. The average Bonchev–Trinajstić information content (AvgIpc) is 2.69. The molecular weight excluding hydrogens is 395 g/mol. The van der Waals surface area contributed by atoms with Crippen molar-refractivity contribution in [2.24, 2.45) is 0 Å². The summed E-state index contributed by atoms with van der Waals surface area (Å²) < 4.78 is 0. The van der Waals surface area contributed by atoms with E-state index >= 15 is 0 Å². The second-order valence-electron chi connectivity index (χ2n) is 6.52. The van der Waals surface area contributed by atoms with Gasteiger partial charge in [0.2, 0.25) is 0 Å². The molecule has 0 atom stereocenters. The normalized spacial score (nSPS) is 11.1. The number of benzene rings is 3. The Morgan fingerprint density at radius 2 is 0.929 bits per heavy atom. The lowest BCUT2D eigenvalue weighted by Gasteiger charge is -2.12. The van der Waals surface area contributed by atoms with Gasteiger partial charge in [-0.2, -0.15) is 0 Å². The maximum Gasteiger partial charge on any atom is 0.143 e. The van der Waals surface area contributed by atoms with Gasteiger partial charge in [-0.05, 0) is 47.5 Å². The minimum atomic E-state index is -0.0179. The Morgan fingerprint density at radius 3 is 1.29 bits per heavy atom. The van der Waals surface area contributed by atoms with E-state index in [0.29, 0.717) is 22.9 Å². The second-order valence-corrected chi connectivity index (χ2v) is 7.40. The number of hydrogen-bond donors (Lipinski definition) is 2. The maximum absolute atomic E-state index is 10.2. The van der Waals surface area contributed by atoms with Crippen molar-refractivity contribution in [1.29, 1.82) is 0 Å².